The number of fused-ring (bicyclic) bond motifs is 3. The zero-order chi connectivity index (χ0) is 13.3. The third kappa shape index (κ3) is 1.29. The fraction of sp³-hybridized carbons (Fsp3) is 0.846. The van der Waals surface area contributed by atoms with E-state index >= 15 is 0 Å². The molecule has 1 heterocycles. The predicted octanol–water partition coefficient (Wildman–Crippen LogP) is 1.55. The summed E-state index contributed by atoms with van der Waals surface area (Å²) in [5.41, 5.74) is 0.494. The second-order valence-electron chi connectivity index (χ2n) is 6.40. The molecule has 2 aliphatic carbocycles. The lowest BCUT2D eigenvalue weighted by molar-refractivity contribution is -0.0859. The molecule has 0 bridgehead atoms. The molecule has 0 radical (unpaired) electrons. The summed E-state index contributed by atoms with van der Waals surface area (Å²) in [6.45, 7) is 9.35. The number of aliphatic hydroxyl groups is 1. The molecule has 4 atom stereocenters. The van der Waals surface area contributed by atoms with Crippen LogP contribution >= 0.6 is 12.2 Å². The lowest BCUT2D eigenvalue weighted by Crippen LogP contribution is -2.53. The summed E-state index contributed by atoms with van der Waals surface area (Å²) in [7, 11) is 0. The minimum absolute atomic E-state index is 0.147. The Morgan fingerprint density at radius 3 is 2.89 bits per heavy atom. The van der Waals surface area contributed by atoms with E-state index in [2.05, 4.69) is 24.3 Å². The Labute approximate surface area is 113 Å². The van der Waals surface area contributed by atoms with Crippen LogP contribution in [0.3, 0.4) is 0 Å². The number of rotatable bonds is 1. The highest BCUT2D eigenvalue weighted by molar-refractivity contribution is 7.80. The summed E-state index contributed by atoms with van der Waals surface area (Å²) in [5, 5.41) is 20.8. The first-order valence-electron chi connectivity index (χ1n) is 6.69. The Hall–Kier alpha value is -0.680. The first-order chi connectivity index (χ1) is 8.34. The van der Waals surface area contributed by atoms with E-state index in [-0.39, 0.29) is 5.92 Å². The smallest absolute Gasteiger partial charge is 0.192 e. The summed E-state index contributed by atoms with van der Waals surface area (Å²) in [6.07, 6.45) is 0.779. The van der Waals surface area contributed by atoms with Gasteiger partial charge in [-0.25, -0.2) is 5.01 Å². The molecule has 1 aliphatic heterocycles. The van der Waals surface area contributed by atoms with Crippen molar-refractivity contribution in [1.82, 2.24) is 10.3 Å². The van der Waals surface area contributed by atoms with Crippen LogP contribution < -0.4 is 5.32 Å². The normalized spacial score (nSPS) is 43.3. The van der Waals surface area contributed by atoms with Crippen LogP contribution in [-0.2, 0) is 0 Å². The van der Waals surface area contributed by atoms with E-state index in [1.54, 1.807) is 5.01 Å². The van der Waals surface area contributed by atoms with Crippen LogP contribution in [0.4, 0.5) is 0 Å². The molecule has 100 valence electrons. The van der Waals surface area contributed by atoms with Crippen LogP contribution in [0.25, 0.3) is 0 Å². The minimum atomic E-state index is -0.881. The van der Waals surface area contributed by atoms with Gasteiger partial charge in [-0.2, -0.15) is 5.10 Å². The molecule has 0 spiro atoms. The minimum Gasteiger partial charge on any atom is -0.368 e. The molecule has 3 aliphatic rings. The lowest BCUT2D eigenvalue weighted by Gasteiger charge is -2.36. The largest absolute Gasteiger partial charge is 0.368 e. The quantitative estimate of drug-likeness (QED) is 0.708. The highest BCUT2D eigenvalue weighted by atomic mass is 32.1. The van der Waals surface area contributed by atoms with Crippen molar-refractivity contribution in [3.05, 3.63) is 0 Å². The van der Waals surface area contributed by atoms with Crippen LogP contribution in [0, 0.1) is 23.2 Å². The fourth-order valence-electron chi connectivity index (χ4n) is 4.14. The molecule has 3 rings (SSSR count). The molecule has 5 heteroatoms. The van der Waals surface area contributed by atoms with Crippen molar-refractivity contribution in [3.63, 3.8) is 0 Å². The second-order valence-corrected chi connectivity index (χ2v) is 6.79. The van der Waals surface area contributed by atoms with Gasteiger partial charge in [0.25, 0.3) is 0 Å². The molecule has 4 nitrogen and oxygen atoms in total. The summed E-state index contributed by atoms with van der Waals surface area (Å²) in [4.78, 5) is 0. The SMILES string of the molecule is CCNC(=S)N1N=C(C)C2[C@H]3[C@@H](CC21O)C3(C)C. The van der Waals surface area contributed by atoms with E-state index in [1.807, 2.05) is 13.8 Å². The van der Waals surface area contributed by atoms with Gasteiger partial charge in [-0.05, 0) is 43.3 Å². The Morgan fingerprint density at radius 1 is 1.61 bits per heavy atom. The van der Waals surface area contributed by atoms with Crippen LogP contribution in [0.5, 0.6) is 0 Å². The van der Waals surface area contributed by atoms with Crippen LogP contribution in [0.15, 0.2) is 5.10 Å². The summed E-state index contributed by atoms with van der Waals surface area (Å²) in [6, 6.07) is 0. The van der Waals surface area contributed by atoms with Gasteiger partial charge in [0, 0.05) is 18.7 Å². The average molecular weight is 267 g/mol. The van der Waals surface area contributed by atoms with E-state index in [9.17, 15) is 5.11 Å². The van der Waals surface area contributed by atoms with Crippen molar-refractivity contribution in [2.24, 2.45) is 28.3 Å². The first kappa shape index (κ1) is 12.4. The van der Waals surface area contributed by atoms with Crippen LogP contribution in [0.2, 0.25) is 0 Å². The fourth-order valence-corrected chi connectivity index (χ4v) is 4.49. The van der Waals surface area contributed by atoms with Gasteiger partial charge in [0.2, 0.25) is 0 Å². The maximum atomic E-state index is 11.0. The molecule has 0 aromatic heterocycles. The number of thiocarbonyl (C=S) groups is 1. The summed E-state index contributed by atoms with van der Waals surface area (Å²) >= 11 is 5.32. The highest BCUT2D eigenvalue weighted by Gasteiger charge is 2.75. The monoisotopic (exact) mass is 267 g/mol. The molecule has 0 saturated heterocycles. The molecule has 2 saturated carbocycles. The average Bonchev–Trinajstić information content (AvgIpc) is 2.62. The maximum absolute atomic E-state index is 11.0. The highest BCUT2D eigenvalue weighted by Crippen LogP contribution is 2.73. The molecule has 2 N–H and O–H groups in total. The predicted molar refractivity (Wildman–Crippen MR) is 75.0 cm³/mol. The Morgan fingerprint density at radius 2 is 2.28 bits per heavy atom. The van der Waals surface area contributed by atoms with E-state index < -0.39 is 5.72 Å². The van der Waals surface area contributed by atoms with E-state index in [0.29, 0.717) is 22.4 Å². The van der Waals surface area contributed by atoms with Crippen LogP contribution in [0.1, 0.15) is 34.1 Å². The van der Waals surface area contributed by atoms with Gasteiger partial charge in [-0.1, -0.05) is 13.8 Å². The Bertz CT molecular complexity index is 448. The van der Waals surface area contributed by atoms with E-state index in [1.165, 1.54) is 0 Å². The topological polar surface area (TPSA) is 47.9 Å². The maximum Gasteiger partial charge on any atom is 0.192 e. The molecule has 18 heavy (non-hydrogen) atoms. The van der Waals surface area contributed by atoms with Crippen molar-refractivity contribution < 1.29 is 5.11 Å². The molecule has 2 unspecified atom stereocenters. The number of nitrogens with one attached hydrogen (secondary N) is 1. The molecule has 2 fully saturated rings. The molecule has 0 amide bonds. The van der Waals surface area contributed by atoms with Crippen LogP contribution in [-0.4, -0.2) is 33.2 Å². The zero-order valence-electron chi connectivity index (χ0n) is 11.4. The first-order valence-corrected chi connectivity index (χ1v) is 7.10. The van der Waals surface area contributed by atoms with Gasteiger partial charge < -0.3 is 10.4 Å². The number of nitrogens with zero attached hydrogens (tertiary/aromatic N) is 2. The third-order valence-corrected chi connectivity index (χ3v) is 5.43. The van der Waals surface area contributed by atoms with Gasteiger partial charge in [-0.3, -0.25) is 0 Å². The van der Waals surface area contributed by atoms with Gasteiger partial charge >= 0.3 is 0 Å². The number of hydrogen-bond acceptors (Lipinski definition) is 3. The summed E-state index contributed by atoms with van der Waals surface area (Å²) in [5.74, 6) is 1.31. The van der Waals surface area contributed by atoms with Gasteiger partial charge in [-0.15, -0.1) is 0 Å². The lowest BCUT2D eigenvalue weighted by atomic mass is 9.84. The van der Waals surface area contributed by atoms with Gasteiger partial charge in [0.15, 0.2) is 10.8 Å². The van der Waals surface area contributed by atoms with Crippen molar-refractivity contribution in [3.8, 4) is 0 Å². The molecular weight excluding hydrogens is 246 g/mol. The van der Waals surface area contributed by atoms with Gasteiger partial charge in [0.1, 0.15) is 0 Å². The zero-order valence-corrected chi connectivity index (χ0v) is 12.2. The molecular formula is C13H21N3OS. The third-order valence-electron chi connectivity index (χ3n) is 5.11. The summed E-state index contributed by atoms with van der Waals surface area (Å²) < 4.78 is 0. The number of hydrazone groups is 1. The Balaban J connectivity index is 1.89. The standard InChI is InChI=1S/C13H21N3OS/c1-5-14-11(18)16-13(17)6-8-10(12(8,3)4)9(13)7(2)15-16/h8-10,17H,5-6H2,1-4H3,(H,14,18)/t8-,9?,10-,13?/m1/s1. The van der Waals surface area contributed by atoms with Gasteiger partial charge in [0.05, 0.1) is 5.92 Å². The second kappa shape index (κ2) is 3.45. The van der Waals surface area contributed by atoms with Crippen molar-refractivity contribution in [2.75, 3.05) is 6.54 Å². The molecule has 0 aromatic rings. The van der Waals surface area contributed by atoms with E-state index in [4.69, 9.17) is 12.2 Å². The van der Waals surface area contributed by atoms with Crippen molar-refractivity contribution >= 4 is 23.0 Å². The van der Waals surface area contributed by atoms with Crippen molar-refractivity contribution in [1.29, 1.82) is 0 Å². The molecule has 0 aromatic carbocycles. The van der Waals surface area contributed by atoms with Crippen molar-refractivity contribution in [2.45, 2.75) is 39.8 Å². The number of hydrogen-bond donors (Lipinski definition) is 2. The Kier molecular flexibility index (Phi) is 2.37. The van der Waals surface area contributed by atoms with E-state index in [0.717, 1.165) is 18.7 Å².